The van der Waals surface area contributed by atoms with Crippen molar-refractivity contribution in [3.05, 3.63) is 35.9 Å². The summed E-state index contributed by atoms with van der Waals surface area (Å²) >= 11 is 0. The van der Waals surface area contributed by atoms with E-state index in [0.717, 1.165) is 12.2 Å². The third-order valence-corrected chi connectivity index (χ3v) is 1.83. The summed E-state index contributed by atoms with van der Waals surface area (Å²) < 4.78 is 16.7. The molecule has 15 heavy (non-hydrogen) atoms. The number of hydrogen-bond acceptors (Lipinski definition) is 3. The molecule has 0 aliphatic carbocycles. The predicted octanol–water partition coefficient (Wildman–Crippen LogP) is 2.11. The second-order valence-corrected chi connectivity index (χ2v) is 2.80. The number of halogens is 1. The number of methoxy groups -OCH3 is 1. The zero-order valence-electron chi connectivity index (χ0n) is 8.24. The van der Waals surface area contributed by atoms with E-state index in [0.29, 0.717) is 5.75 Å². The summed E-state index contributed by atoms with van der Waals surface area (Å²) in [6.07, 6.45) is 2.16. The highest BCUT2D eigenvalue weighted by molar-refractivity contribution is 6.06. The van der Waals surface area contributed by atoms with Gasteiger partial charge in [-0.3, -0.25) is 4.79 Å². The van der Waals surface area contributed by atoms with Crippen molar-refractivity contribution in [3.63, 3.8) is 0 Å². The van der Waals surface area contributed by atoms with Gasteiger partial charge in [-0.05, 0) is 30.4 Å². The number of carbonyl (C=O) groups is 1. The van der Waals surface area contributed by atoms with Crippen molar-refractivity contribution >= 4 is 5.78 Å². The predicted molar refractivity (Wildman–Crippen MR) is 54.1 cm³/mol. The van der Waals surface area contributed by atoms with Crippen LogP contribution >= 0.6 is 0 Å². The first-order valence-corrected chi connectivity index (χ1v) is 4.33. The Kier molecular flexibility index (Phi) is 3.85. The van der Waals surface area contributed by atoms with Gasteiger partial charge in [0.2, 0.25) is 0 Å². The molecular formula is C11H11FO3. The van der Waals surface area contributed by atoms with Gasteiger partial charge in [0.1, 0.15) is 18.2 Å². The van der Waals surface area contributed by atoms with Crippen LogP contribution in [-0.4, -0.2) is 24.7 Å². The second kappa shape index (κ2) is 5.14. The Labute approximate surface area is 86.8 Å². The van der Waals surface area contributed by atoms with E-state index in [1.165, 1.54) is 25.3 Å². The Morgan fingerprint density at radius 2 is 2.33 bits per heavy atom. The summed E-state index contributed by atoms with van der Waals surface area (Å²) in [5.41, 5.74) is 0.0963. The van der Waals surface area contributed by atoms with Gasteiger partial charge < -0.3 is 9.84 Å². The van der Waals surface area contributed by atoms with Crippen LogP contribution in [-0.2, 0) is 0 Å². The molecule has 0 saturated heterocycles. The third kappa shape index (κ3) is 2.80. The molecule has 0 saturated carbocycles. The fourth-order valence-corrected chi connectivity index (χ4v) is 1.08. The van der Waals surface area contributed by atoms with Crippen LogP contribution < -0.4 is 4.74 Å². The van der Waals surface area contributed by atoms with E-state index in [4.69, 9.17) is 4.74 Å². The van der Waals surface area contributed by atoms with E-state index < -0.39 is 12.5 Å². The van der Waals surface area contributed by atoms with Gasteiger partial charge in [0.15, 0.2) is 5.78 Å². The molecule has 0 unspecified atom stereocenters. The Bertz CT molecular complexity index is 385. The standard InChI is InChI=1S/C11H11FO3/c1-15-8-4-5-11(14)9(7-8)10(13)3-2-6-12/h2-5,7,14H,6H2,1H3/b3-2+. The molecule has 0 amide bonds. The smallest absolute Gasteiger partial charge is 0.189 e. The molecule has 0 radical (unpaired) electrons. The van der Waals surface area contributed by atoms with E-state index in [2.05, 4.69) is 0 Å². The topological polar surface area (TPSA) is 46.5 Å². The van der Waals surface area contributed by atoms with Crippen molar-refractivity contribution in [1.82, 2.24) is 0 Å². The summed E-state index contributed by atoms with van der Waals surface area (Å²) in [6, 6.07) is 4.29. The van der Waals surface area contributed by atoms with Crippen LogP contribution in [0.25, 0.3) is 0 Å². The van der Waals surface area contributed by atoms with Crippen LogP contribution in [0.3, 0.4) is 0 Å². The first-order valence-electron chi connectivity index (χ1n) is 4.33. The fraction of sp³-hybridized carbons (Fsp3) is 0.182. The Balaban J connectivity index is 3.01. The number of hydrogen-bond donors (Lipinski definition) is 1. The van der Waals surface area contributed by atoms with Crippen molar-refractivity contribution in [2.75, 3.05) is 13.8 Å². The molecule has 1 aromatic carbocycles. The minimum atomic E-state index is -0.712. The Morgan fingerprint density at radius 3 is 2.93 bits per heavy atom. The molecule has 0 fully saturated rings. The highest BCUT2D eigenvalue weighted by Crippen LogP contribution is 2.23. The van der Waals surface area contributed by atoms with Gasteiger partial charge in [0.05, 0.1) is 12.7 Å². The molecule has 1 rings (SSSR count). The molecular weight excluding hydrogens is 199 g/mol. The van der Waals surface area contributed by atoms with Crippen LogP contribution in [0, 0.1) is 0 Å². The van der Waals surface area contributed by atoms with Gasteiger partial charge >= 0.3 is 0 Å². The van der Waals surface area contributed by atoms with Gasteiger partial charge in [-0.15, -0.1) is 0 Å². The number of alkyl halides is 1. The molecule has 0 bridgehead atoms. The average Bonchev–Trinajstić information content (AvgIpc) is 2.26. The number of aromatic hydroxyl groups is 1. The van der Waals surface area contributed by atoms with Crippen molar-refractivity contribution < 1.29 is 19.0 Å². The molecule has 3 nitrogen and oxygen atoms in total. The first-order chi connectivity index (χ1) is 7.19. The van der Waals surface area contributed by atoms with Gasteiger partial charge in [0.25, 0.3) is 0 Å². The van der Waals surface area contributed by atoms with Crippen LogP contribution in [0.2, 0.25) is 0 Å². The molecule has 0 atom stereocenters. The normalized spacial score (nSPS) is 10.5. The van der Waals surface area contributed by atoms with Crippen molar-refractivity contribution in [1.29, 1.82) is 0 Å². The highest BCUT2D eigenvalue weighted by Gasteiger charge is 2.09. The average molecular weight is 210 g/mol. The van der Waals surface area contributed by atoms with E-state index in [1.54, 1.807) is 0 Å². The lowest BCUT2D eigenvalue weighted by Crippen LogP contribution is -1.96. The minimum absolute atomic E-state index is 0.0963. The summed E-state index contributed by atoms with van der Waals surface area (Å²) in [5.74, 6) is -0.141. The Hall–Kier alpha value is -1.84. The first kappa shape index (κ1) is 11.2. The monoisotopic (exact) mass is 210 g/mol. The summed E-state index contributed by atoms with van der Waals surface area (Å²) in [5, 5.41) is 9.40. The summed E-state index contributed by atoms with van der Waals surface area (Å²) in [4.78, 5) is 11.4. The maximum atomic E-state index is 11.8. The number of rotatable bonds is 4. The molecule has 0 aliphatic rings. The molecule has 0 spiro atoms. The second-order valence-electron chi connectivity index (χ2n) is 2.80. The lowest BCUT2D eigenvalue weighted by Gasteiger charge is -2.03. The molecule has 0 heterocycles. The quantitative estimate of drug-likeness (QED) is 0.611. The summed E-state index contributed by atoms with van der Waals surface area (Å²) in [7, 11) is 1.46. The molecule has 1 N–H and O–H groups in total. The lowest BCUT2D eigenvalue weighted by atomic mass is 10.1. The van der Waals surface area contributed by atoms with E-state index in [1.807, 2.05) is 0 Å². The Morgan fingerprint density at radius 1 is 1.60 bits per heavy atom. The molecule has 4 heteroatoms. The van der Waals surface area contributed by atoms with Gasteiger partial charge in [0, 0.05) is 0 Å². The maximum Gasteiger partial charge on any atom is 0.189 e. The molecule has 0 aliphatic heterocycles. The lowest BCUT2D eigenvalue weighted by molar-refractivity contribution is 0.104. The molecule has 80 valence electrons. The van der Waals surface area contributed by atoms with E-state index in [9.17, 15) is 14.3 Å². The number of carbonyl (C=O) groups excluding carboxylic acids is 1. The van der Waals surface area contributed by atoms with Gasteiger partial charge in [-0.1, -0.05) is 0 Å². The van der Waals surface area contributed by atoms with Crippen LogP contribution in [0.15, 0.2) is 30.4 Å². The van der Waals surface area contributed by atoms with Crippen molar-refractivity contribution in [2.45, 2.75) is 0 Å². The zero-order chi connectivity index (χ0) is 11.3. The van der Waals surface area contributed by atoms with Crippen LogP contribution in [0.4, 0.5) is 4.39 Å². The number of phenols is 1. The zero-order valence-corrected chi connectivity index (χ0v) is 8.24. The number of allylic oxidation sites excluding steroid dienone is 2. The van der Waals surface area contributed by atoms with E-state index >= 15 is 0 Å². The maximum absolute atomic E-state index is 11.8. The number of ketones is 1. The minimum Gasteiger partial charge on any atom is -0.507 e. The number of phenolic OH excluding ortho intramolecular Hbond substituents is 1. The van der Waals surface area contributed by atoms with Gasteiger partial charge in [-0.2, -0.15) is 0 Å². The third-order valence-electron chi connectivity index (χ3n) is 1.83. The SMILES string of the molecule is COc1ccc(O)c(C(=O)/C=C/CF)c1. The van der Waals surface area contributed by atoms with Crippen LogP contribution in [0.5, 0.6) is 11.5 Å². The van der Waals surface area contributed by atoms with E-state index in [-0.39, 0.29) is 11.3 Å². The largest absolute Gasteiger partial charge is 0.507 e. The van der Waals surface area contributed by atoms with Crippen LogP contribution in [0.1, 0.15) is 10.4 Å². The number of ether oxygens (including phenoxy) is 1. The molecule has 1 aromatic rings. The fourth-order valence-electron chi connectivity index (χ4n) is 1.08. The summed E-state index contributed by atoms with van der Waals surface area (Å²) in [6.45, 7) is -0.712. The highest BCUT2D eigenvalue weighted by atomic mass is 19.1. The number of benzene rings is 1. The van der Waals surface area contributed by atoms with Crippen molar-refractivity contribution in [3.8, 4) is 11.5 Å². The van der Waals surface area contributed by atoms with Gasteiger partial charge in [-0.25, -0.2) is 4.39 Å². The van der Waals surface area contributed by atoms with Crippen molar-refractivity contribution in [2.24, 2.45) is 0 Å². The molecule has 0 aromatic heterocycles.